The number of amides is 1. The highest BCUT2D eigenvalue weighted by atomic mass is 16.6. The van der Waals surface area contributed by atoms with Crippen molar-refractivity contribution in [1.82, 2.24) is 0 Å². The van der Waals surface area contributed by atoms with Gasteiger partial charge >= 0.3 is 0 Å². The molecule has 0 spiro atoms. The van der Waals surface area contributed by atoms with Crippen LogP contribution >= 0.6 is 0 Å². The zero-order valence-electron chi connectivity index (χ0n) is 12.3. The van der Waals surface area contributed by atoms with Gasteiger partial charge in [-0.3, -0.25) is 14.9 Å². The number of phenols is 1. The minimum Gasteiger partial charge on any atom is -0.506 e. The molecule has 3 aromatic rings. The molecule has 0 aliphatic rings. The van der Waals surface area contributed by atoms with E-state index < -0.39 is 10.8 Å². The first-order chi connectivity index (χ1) is 11.5. The van der Waals surface area contributed by atoms with Crippen LogP contribution in [0.4, 0.5) is 11.4 Å². The predicted octanol–water partition coefficient (Wildman–Crippen LogP) is 3.81. The lowest BCUT2D eigenvalue weighted by Gasteiger charge is -2.05. The average molecular weight is 324 g/mol. The second kappa shape index (κ2) is 6.25. The van der Waals surface area contributed by atoms with Crippen LogP contribution in [0.25, 0.3) is 11.3 Å². The summed E-state index contributed by atoms with van der Waals surface area (Å²) < 4.78 is 5.48. The number of rotatable bonds is 4. The number of para-hydroxylation sites is 2. The summed E-state index contributed by atoms with van der Waals surface area (Å²) in [7, 11) is 0. The minimum absolute atomic E-state index is 0.0252. The third-order valence-electron chi connectivity index (χ3n) is 3.34. The average Bonchev–Trinajstić information content (AvgIpc) is 3.07. The first-order valence-corrected chi connectivity index (χ1v) is 6.98. The van der Waals surface area contributed by atoms with Gasteiger partial charge in [-0.15, -0.1) is 0 Å². The van der Waals surface area contributed by atoms with Gasteiger partial charge in [-0.25, -0.2) is 0 Å². The molecule has 120 valence electrons. The third-order valence-corrected chi connectivity index (χ3v) is 3.34. The minimum atomic E-state index is -0.510. The highest BCUT2D eigenvalue weighted by molar-refractivity contribution is 6.03. The Kier molecular flexibility index (Phi) is 3.98. The van der Waals surface area contributed by atoms with E-state index in [1.807, 2.05) is 0 Å². The maximum absolute atomic E-state index is 12.1. The van der Waals surface area contributed by atoms with Crippen LogP contribution in [0.5, 0.6) is 5.75 Å². The Morgan fingerprint density at radius 1 is 1.04 bits per heavy atom. The lowest BCUT2D eigenvalue weighted by molar-refractivity contribution is -0.384. The standard InChI is InChI=1S/C17H12N2O5/c20-14-4-2-1-3-13(14)18-17(21)16-10-9-15(24-16)11-5-7-12(8-6-11)19(22)23/h1-10,20H,(H,18,21). The molecular formula is C17H12N2O5. The van der Waals surface area contributed by atoms with E-state index in [4.69, 9.17) is 4.42 Å². The number of furan rings is 1. The molecule has 0 saturated carbocycles. The maximum atomic E-state index is 12.1. The van der Waals surface area contributed by atoms with Crippen molar-refractivity contribution >= 4 is 17.3 Å². The molecule has 0 radical (unpaired) electrons. The van der Waals surface area contributed by atoms with Crippen molar-refractivity contribution in [2.75, 3.05) is 5.32 Å². The fourth-order valence-electron chi connectivity index (χ4n) is 2.13. The van der Waals surface area contributed by atoms with E-state index in [0.717, 1.165) is 0 Å². The summed E-state index contributed by atoms with van der Waals surface area (Å²) in [5.74, 6) is -0.0865. The van der Waals surface area contributed by atoms with Crippen molar-refractivity contribution in [3.05, 3.63) is 76.5 Å². The first kappa shape index (κ1) is 15.3. The molecule has 2 N–H and O–H groups in total. The summed E-state index contributed by atoms with van der Waals surface area (Å²) in [4.78, 5) is 22.3. The zero-order chi connectivity index (χ0) is 17.1. The third kappa shape index (κ3) is 3.09. The normalized spacial score (nSPS) is 10.3. The van der Waals surface area contributed by atoms with E-state index in [2.05, 4.69) is 5.32 Å². The summed E-state index contributed by atoms with van der Waals surface area (Å²) in [6.45, 7) is 0. The number of nitrogens with zero attached hydrogens (tertiary/aromatic N) is 1. The van der Waals surface area contributed by atoms with Crippen LogP contribution in [-0.2, 0) is 0 Å². The summed E-state index contributed by atoms with van der Waals surface area (Å²) in [6, 6.07) is 15.2. The van der Waals surface area contributed by atoms with Crippen molar-refractivity contribution in [2.45, 2.75) is 0 Å². The SMILES string of the molecule is O=C(Nc1ccccc1O)c1ccc(-c2ccc([N+](=O)[O-])cc2)o1. The van der Waals surface area contributed by atoms with Gasteiger partial charge in [0.15, 0.2) is 5.76 Å². The van der Waals surface area contributed by atoms with Crippen molar-refractivity contribution in [2.24, 2.45) is 0 Å². The Morgan fingerprint density at radius 3 is 2.42 bits per heavy atom. The molecule has 2 aromatic carbocycles. The number of carbonyl (C=O) groups is 1. The van der Waals surface area contributed by atoms with Crippen LogP contribution in [0.3, 0.4) is 0 Å². The maximum Gasteiger partial charge on any atom is 0.291 e. The lowest BCUT2D eigenvalue weighted by Crippen LogP contribution is -2.10. The number of nitro groups is 1. The van der Waals surface area contributed by atoms with Gasteiger partial charge in [-0.2, -0.15) is 0 Å². The van der Waals surface area contributed by atoms with E-state index in [9.17, 15) is 20.0 Å². The Morgan fingerprint density at radius 2 is 1.75 bits per heavy atom. The Bertz CT molecular complexity index is 899. The number of carbonyl (C=O) groups excluding carboxylic acids is 1. The fraction of sp³-hybridized carbons (Fsp3) is 0. The van der Waals surface area contributed by atoms with Crippen LogP contribution in [0.2, 0.25) is 0 Å². The number of phenolic OH excluding ortho intramolecular Hbond substituents is 1. The molecule has 0 unspecified atom stereocenters. The van der Waals surface area contributed by atoms with Gasteiger partial charge in [0.1, 0.15) is 11.5 Å². The molecule has 7 heteroatoms. The fourth-order valence-corrected chi connectivity index (χ4v) is 2.13. The zero-order valence-corrected chi connectivity index (χ0v) is 12.3. The number of aromatic hydroxyl groups is 1. The topological polar surface area (TPSA) is 106 Å². The van der Waals surface area contributed by atoms with Crippen LogP contribution in [-0.4, -0.2) is 15.9 Å². The number of hydrogen-bond donors (Lipinski definition) is 2. The van der Waals surface area contributed by atoms with Crippen LogP contribution < -0.4 is 5.32 Å². The molecule has 1 amide bonds. The van der Waals surface area contributed by atoms with E-state index in [1.54, 1.807) is 36.4 Å². The van der Waals surface area contributed by atoms with E-state index >= 15 is 0 Å². The van der Waals surface area contributed by atoms with Gasteiger partial charge in [0, 0.05) is 17.7 Å². The molecule has 0 aliphatic carbocycles. The van der Waals surface area contributed by atoms with Crippen molar-refractivity contribution in [3.63, 3.8) is 0 Å². The molecule has 1 heterocycles. The number of non-ortho nitro benzene ring substituents is 1. The molecule has 7 nitrogen and oxygen atoms in total. The predicted molar refractivity (Wildman–Crippen MR) is 86.9 cm³/mol. The first-order valence-electron chi connectivity index (χ1n) is 6.98. The Labute approximate surface area is 136 Å². The number of benzene rings is 2. The molecule has 3 rings (SSSR count). The van der Waals surface area contributed by atoms with Gasteiger partial charge in [0.25, 0.3) is 11.6 Å². The molecule has 0 bridgehead atoms. The number of nitro benzene ring substituents is 1. The second-order valence-corrected chi connectivity index (χ2v) is 4.94. The summed E-state index contributed by atoms with van der Waals surface area (Å²) in [5.41, 5.74) is 0.862. The van der Waals surface area contributed by atoms with Crippen molar-refractivity contribution in [1.29, 1.82) is 0 Å². The summed E-state index contributed by atoms with van der Waals surface area (Å²) in [5, 5.41) is 22.9. The number of hydrogen-bond acceptors (Lipinski definition) is 5. The van der Waals surface area contributed by atoms with Crippen molar-refractivity contribution in [3.8, 4) is 17.1 Å². The highest BCUT2D eigenvalue weighted by Crippen LogP contribution is 2.26. The van der Waals surface area contributed by atoms with Gasteiger partial charge in [-0.1, -0.05) is 12.1 Å². The van der Waals surface area contributed by atoms with Crippen molar-refractivity contribution < 1.29 is 19.2 Å². The molecule has 0 atom stereocenters. The van der Waals surface area contributed by atoms with E-state index in [-0.39, 0.29) is 22.9 Å². The highest BCUT2D eigenvalue weighted by Gasteiger charge is 2.14. The van der Waals surface area contributed by atoms with Gasteiger partial charge in [-0.05, 0) is 36.4 Å². The molecule has 0 aliphatic heterocycles. The Balaban J connectivity index is 1.78. The largest absolute Gasteiger partial charge is 0.506 e. The van der Waals surface area contributed by atoms with Gasteiger partial charge < -0.3 is 14.8 Å². The number of anilines is 1. The van der Waals surface area contributed by atoms with Crippen LogP contribution in [0.1, 0.15) is 10.6 Å². The van der Waals surface area contributed by atoms with Gasteiger partial charge in [0.05, 0.1) is 10.6 Å². The van der Waals surface area contributed by atoms with Gasteiger partial charge in [0.2, 0.25) is 0 Å². The number of nitrogens with one attached hydrogen (secondary N) is 1. The summed E-state index contributed by atoms with van der Waals surface area (Å²) >= 11 is 0. The van der Waals surface area contributed by atoms with Crippen LogP contribution in [0, 0.1) is 10.1 Å². The quantitative estimate of drug-likeness (QED) is 0.431. The molecular weight excluding hydrogens is 312 g/mol. The lowest BCUT2D eigenvalue weighted by atomic mass is 10.1. The van der Waals surface area contributed by atoms with Crippen LogP contribution in [0.15, 0.2) is 65.1 Å². The Hall–Kier alpha value is -3.61. The smallest absolute Gasteiger partial charge is 0.291 e. The monoisotopic (exact) mass is 324 g/mol. The molecule has 0 fully saturated rings. The molecule has 24 heavy (non-hydrogen) atoms. The molecule has 1 aromatic heterocycles. The van der Waals surface area contributed by atoms with E-state index in [1.165, 1.54) is 24.3 Å². The van der Waals surface area contributed by atoms with E-state index in [0.29, 0.717) is 11.3 Å². The summed E-state index contributed by atoms with van der Waals surface area (Å²) in [6.07, 6.45) is 0. The molecule has 0 saturated heterocycles. The second-order valence-electron chi connectivity index (χ2n) is 4.94.